The molecule has 0 fully saturated rings. The number of carbonyl (C=O) groups excluding carboxylic acids is 1. The van der Waals surface area contributed by atoms with E-state index in [9.17, 15) is 4.79 Å². The molecular weight excluding hydrogens is 178 g/mol. The van der Waals surface area contributed by atoms with Crippen molar-refractivity contribution in [3.8, 4) is 0 Å². The summed E-state index contributed by atoms with van der Waals surface area (Å²) in [6, 6.07) is 0. The molecule has 0 radical (unpaired) electrons. The van der Waals surface area contributed by atoms with Crippen LogP contribution in [0, 0.1) is 0 Å². The highest BCUT2D eigenvalue weighted by Crippen LogP contribution is 2.27. The van der Waals surface area contributed by atoms with E-state index in [1.165, 1.54) is 0 Å². The summed E-state index contributed by atoms with van der Waals surface area (Å²) in [7, 11) is 0. The first kappa shape index (κ1) is 7.18. The number of thiophene rings is 1. The van der Waals surface area contributed by atoms with Gasteiger partial charge in [0.25, 0.3) is 5.91 Å². The average Bonchev–Trinajstić information content (AvgIpc) is 2.40. The molecule has 0 saturated carbocycles. The Morgan fingerprint density at radius 2 is 2.36 bits per heavy atom. The Hall–Kier alpha value is -0.480. The van der Waals surface area contributed by atoms with Crippen LogP contribution in [0.25, 0.3) is 0 Å². The second-order valence-corrected chi connectivity index (χ2v) is 4.13. The highest BCUT2D eigenvalue weighted by Gasteiger charge is 2.15. The van der Waals surface area contributed by atoms with E-state index in [0.29, 0.717) is 0 Å². The van der Waals surface area contributed by atoms with Gasteiger partial charge in [-0.25, -0.2) is 0 Å². The van der Waals surface area contributed by atoms with Gasteiger partial charge in [-0.3, -0.25) is 4.79 Å². The van der Waals surface area contributed by atoms with Crippen molar-refractivity contribution in [1.82, 2.24) is 5.32 Å². The lowest BCUT2D eigenvalue weighted by molar-refractivity contribution is 0.0955. The number of amides is 1. The van der Waals surface area contributed by atoms with Gasteiger partial charge in [0.05, 0.1) is 5.56 Å². The zero-order valence-corrected chi connectivity index (χ0v) is 7.43. The van der Waals surface area contributed by atoms with E-state index in [-0.39, 0.29) is 5.91 Å². The van der Waals surface area contributed by atoms with E-state index in [4.69, 9.17) is 0 Å². The first-order chi connectivity index (χ1) is 5.38. The molecule has 0 saturated heterocycles. The average molecular weight is 185 g/mol. The molecule has 2 heterocycles. The molecule has 1 aliphatic rings. The molecule has 0 aliphatic carbocycles. The quantitative estimate of drug-likeness (QED) is 0.665. The van der Waals surface area contributed by atoms with E-state index in [1.54, 1.807) is 23.1 Å². The van der Waals surface area contributed by atoms with Gasteiger partial charge in [0.1, 0.15) is 0 Å². The summed E-state index contributed by atoms with van der Waals surface area (Å²) in [6.07, 6.45) is 0. The Kier molecular flexibility index (Phi) is 1.87. The van der Waals surface area contributed by atoms with Crippen molar-refractivity contribution in [2.45, 2.75) is 4.90 Å². The second kappa shape index (κ2) is 2.87. The first-order valence-electron chi connectivity index (χ1n) is 3.35. The van der Waals surface area contributed by atoms with Crippen molar-refractivity contribution in [3.63, 3.8) is 0 Å². The van der Waals surface area contributed by atoms with Crippen molar-refractivity contribution in [1.29, 1.82) is 0 Å². The number of rotatable bonds is 0. The van der Waals surface area contributed by atoms with Crippen molar-refractivity contribution in [2.75, 3.05) is 12.3 Å². The predicted octanol–water partition coefficient (Wildman–Crippen LogP) is 1.58. The molecular formula is C7H7NOS2. The van der Waals surface area contributed by atoms with Crippen molar-refractivity contribution < 1.29 is 4.79 Å². The molecule has 4 heteroatoms. The van der Waals surface area contributed by atoms with Gasteiger partial charge in [-0.05, 0) is 0 Å². The van der Waals surface area contributed by atoms with E-state index in [1.807, 2.05) is 10.8 Å². The van der Waals surface area contributed by atoms with E-state index in [0.717, 1.165) is 22.8 Å². The highest BCUT2D eigenvalue weighted by atomic mass is 32.2. The molecule has 1 N–H and O–H groups in total. The normalized spacial score (nSPS) is 16.9. The van der Waals surface area contributed by atoms with Gasteiger partial charge < -0.3 is 5.32 Å². The molecule has 11 heavy (non-hydrogen) atoms. The van der Waals surface area contributed by atoms with Gasteiger partial charge in [-0.15, -0.1) is 11.8 Å². The fraction of sp³-hybridized carbons (Fsp3) is 0.286. The molecule has 1 aromatic heterocycles. The summed E-state index contributed by atoms with van der Waals surface area (Å²) >= 11 is 3.33. The number of hydrogen-bond donors (Lipinski definition) is 1. The summed E-state index contributed by atoms with van der Waals surface area (Å²) in [5.74, 6) is 1.06. The fourth-order valence-corrected chi connectivity index (χ4v) is 2.92. The molecule has 0 aromatic carbocycles. The molecule has 2 nitrogen and oxygen atoms in total. The van der Waals surface area contributed by atoms with Crippen LogP contribution in [-0.4, -0.2) is 18.2 Å². The number of fused-ring (bicyclic) bond motifs is 1. The third-order valence-corrected chi connectivity index (χ3v) is 3.47. The smallest absolute Gasteiger partial charge is 0.253 e. The molecule has 0 unspecified atom stereocenters. The summed E-state index contributed by atoms with van der Waals surface area (Å²) in [4.78, 5) is 12.4. The summed E-state index contributed by atoms with van der Waals surface area (Å²) in [5, 5.41) is 6.77. The zero-order chi connectivity index (χ0) is 7.68. The van der Waals surface area contributed by atoms with Crippen LogP contribution in [-0.2, 0) is 0 Å². The van der Waals surface area contributed by atoms with E-state index < -0.39 is 0 Å². The van der Waals surface area contributed by atoms with Crippen molar-refractivity contribution in [3.05, 3.63) is 16.3 Å². The van der Waals surface area contributed by atoms with Gasteiger partial charge in [0.2, 0.25) is 0 Å². The van der Waals surface area contributed by atoms with Gasteiger partial charge in [-0.2, -0.15) is 11.3 Å². The summed E-state index contributed by atoms with van der Waals surface area (Å²) in [5.41, 5.74) is 0.845. The van der Waals surface area contributed by atoms with E-state index in [2.05, 4.69) is 5.32 Å². The lowest BCUT2D eigenvalue weighted by atomic mass is 10.3. The summed E-state index contributed by atoms with van der Waals surface area (Å²) in [6.45, 7) is 0.781. The topological polar surface area (TPSA) is 29.1 Å². The molecule has 1 aliphatic heterocycles. The molecule has 58 valence electrons. The molecule has 0 spiro atoms. The monoisotopic (exact) mass is 185 g/mol. The van der Waals surface area contributed by atoms with Crippen LogP contribution in [0.15, 0.2) is 15.7 Å². The Morgan fingerprint density at radius 3 is 3.27 bits per heavy atom. The maximum atomic E-state index is 11.2. The first-order valence-corrected chi connectivity index (χ1v) is 5.28. The second-order valence-electron chi connectivity index (χ2n) is 2.25. The van der Waals surface area contributed by atoms with Crippen LogP contribution in [0.1, 0.15) is 10.4 Å². The van der Waals surface area contributed by atoms with Gasteiger partial charge in [-0.1, -0.05) is 0 Å². The minimum atomic E-state index is 0.0752. The summed E-state index contributed by atoms with van der Waals surface area (Å²) < 4.78 is 0. The molecule has 2 rings (SSSR count). The van der Waals surface area contributed by atoms with Crippen LogP contribution in [0.4, 0.5) is 0 Å². The molecule has 1 amide bonds. The third-order valence-electron chi connectivity index (χ3n) is 1.52. The van der Waals surface area contributed by atoms with Crippen LogP contribution < -0.4 is 5.32 Å². The largest absolute Gasteiger partial charge is 0.351 e. The highest BCUT2D eigenvalue weighted by molar-refractivity contribution is 7.99. The van der Waals surface area contributed by atoms with Gasteiger partial charge >= 0.3 is 0 Å². The van der Waals surface area contributed by atoms with Crippen LogP contribution in [0.5, 0.6) is 0 Å². The van der Waals surface area contributed by atoms with Gasteiger partial charge in [0, 0.05) is 28.0 Å². The number of carbonyl (C=O) groups is 1. The lowest BCUT2D eigenvalue weighted by Crippen LogP contribution is -2.23. The van der Waals surface area contributed by atoms with Crippen LogP contribution >= 0.6 is 23.1 Å². The SMILES string of the molecule is O=C1NCCSc2cscc21. The van der Waals surface area contributed by atoms with Gasteiger partial charge in [0.15, 0.2) is 0 Å². The standard InChI is InChI=1S/C7H7NOS2/c9-7-5-3-10-4-6(5)11-2-1-8-7/h3-4H,1-2H2,(H,8,9). The van der Waals surface area contributed by atoms with Crippen LogP contribution in [0.2, 0.25) is 0 Å². The number of thioether (sulfide) groups is 1. The lowest BCUT2D eigenvalue weighted by Gasteiger charge is -1.95. The predicted molar refractivity (Wildman–Crippen MR) is 47.4 cm³/mol. The third kappa shape index (κ3) is 1.28. The minimum Gasteiger partial charge on any atom is -0.351 e. The molecule has 1 aromatic rings. The Morgan fingerprint density at radius 1 is 1.45 bits per heavy atom. The minimum absolute atomic E-state index is 0.0752. The van der Waals surface area contributed by atoms with Crippen molar-refractivity contribution >= 4 is 29.0 Å². The maximum absolute atomic E-state index is 11.2. The van der Waals surface area contributed by atoms with Crippen LogP contribution in [0.3, 0.4) is 0 Å². The number of nitrogens with one attached hydrogen (secondary N) is 1. The Labute approximate surface area is 73.0 Å². The number of hydrogen-bond acceptors (Lipinski definition) is 3. The van der Waals surface area contributed by atoms with Crippen molar-refractivity contribution in [2.24, 2.45) is 0 Å². The van der Waals surface area contributed by atoms with E-state index >= 15 is 0 Å². The molecule has 0 atom stereocenters. The maximum Gasteiger partial charge on any atom is 0.253 e. The molecule has 0 bridgehead atoms. The fourth-order valence-electron chi connectivity index (χ4n) is 0.983. The zero-order valence-electron chi connectivity index (χ0n) is 5.79. The Bertz CT molecular complexity index is 282. The Balaban J connectivity index is 2.41.